The predicted octanol–water partition coefficient (Wildman–Crippen LogP) is 2.02. The number of nitrogens with two attached hydrogens (primary N) is 1. The zero-order chi connectivity index (χ0) is 12.0. The first-order valence-corrected chi connectivity index (χ1v) is 5.54. The first-order chi connectivity index (χ1) is 7.63. The molecule has 16 heavy (non-hydrogen) atoms. The number of nitrogens with zero attached hydrogens (tertiary/aromatic N) is 1. The van der Waals surface area contributed by atoms with Crippen molar-refractivity contribution in [1.29, 1.82) is 0 Å². The lowest BCUT2D eigenvalue weighted by molar-refractivity contribution is 0.285. The van der Waals surface area contributed by atoms with Crippen molar-refractivity contribution in [2.45, 2.75) is 32.7 Å². The number of pyridine rings is 1. The number of aryl methyl sites for hydroxylation is 1. The molecule has 0 saturated heterocycles. The summed E-state index contributed by atoms with van der Waals surface area (Å²) in [6.45, 7) is 3.88. The Balaban J connectivity index is 2.72. The molecule has 2 N–H and O–H groups in total. The van der Waals surface area contributed by atoms with Gasteiger partial charge in [-0.3, -0.25) is 9.37 Å². The standard InChI is InChI=1S/C12H19FN2O/c1-9(14)8-11-12(16-7-3-6-13)5-4-10(2)15-11/h4-5,9H,3,6-8,14H2,1-2H3. The summed E-state index contributed by atoms with van der Waals surface area (Å²) in [7, 11) is 0. The van der Waals surface area contributed by atoms with Crippen molar-refractivity contribution < 1.29 is 9.13 Å². The van der Waals surface area contributed by atoms with E-state index in [9.17, 15) is 4.39 Å². The minimum absolute atomic E-state index is 0.0397. The number of ether oxygens (including phenoxy) is 1. The van der Waals surface area contributed by atoms with Crippen LogP contribution in [0.5, 0.6) is 5.75 Å². The van der Waals surface area contributed by atoms with E-state index in [0.717, 1.165) is 17.1 Å². The molecule has 0 spiro atoms. The Kier molecular flexibility index (Phi) is 5.19. The van der Waals surface area contributed by atoms with Gasteiger partial charge in [-0.2, -0.15) is 0 Å². The molecule has 90 valence electrons. The minimum Gasteiger partial charge on any atom is -0.492 e. The van der Waals surface area contributed by atoms with Crippen LogP contribution in [-0.4, -0.2) is 24.3 Å². The van der Waals surface area contributed by atoms with E-state index in [1.54, 1.807) is 0 Å². The monoisotopic (exact) mass is 226 g/mol. The van der Waals surface area contributed by atoms with Crippen molar-refractivity contribution in [2.24, 2.45) is 5.73 Å². The number of aromatic nitrogens is 1. The van der Waals surface area contributed by atoms with Crippen molar-refractivity contribution >= 4 is 0 Å². The van der Waals surface area contributed by atoms with Crippen molar-refractivity contribution in [2.75, 3.05) is 13.3 Å². The van der Waals surface area contributed by atoms with E-state index in [1.165, 1.54) is 0 Å². The van der Waals surface area contributed by atoms with Crippen molar-refractivity contribution in [3.8, 4) is 5.75 Å². The molecule has 4 heteroatoms. The van der Waals surface area contributed by atoms with Crippen LogP contribution in [0.2, 0.25) is 0 Å². The van der Waals surface area contributed by atoms with Crippen LogP contribution >= 0.6 is 0 Å². The quantitative estimate of drug-likeness (QED) is 0.755. The van der Waals surface area contributed by atoms with Crippen molar-refractivity contribution in [1.82, 2.24) is 4.98 Å². The fourth-order valence-corrected chi connectivity index (χ4v) is 1.42. The largest absolute Gasteiger partial charge is 0.492 e. The van der Waals surface area contributed by atoms with Crippen LogP contribution in [0.3, 0.4) is 0 Å². The van der Waals surface area contributed by atoms with E-state index >= 15 is 0 Å². The average Bonchev–Trinajstić information content (AvgIpc) is 2.20. The first-order valence-electron chi connectivity index (χ1n) is 5.54. The zero-order valence-electron chi connectivity index (χ0n) is 9.87. The predicted molar refractivity (Wildman–Crippen MR) is 62.4 cm³/mol. The lowest BCUT2D eigenvalue weighted by Gasteiger charge is -2.12. The Hall–Kier alpha value is -1.16. The summed E-state index contributed by atoms with van der Waals surface area (Å²) in [6.07, 6.45) is 1.08. The summed E-state index contributed by atoms with van der Waals surface area (Å²) in [5, 5.41) is 0. The second kappa shape index (κ2) is 6.43. The third kappa shape index (κ3) is 4.14. The third-order valence-electron chi connectivity index (χ3n) is 2.12. The van der Waals surface area contributed by atoms with Gasteiger partial charge in [0, 0.05) is 24.6 Å². The SMILES string of the molecule is Cc1ccc(OCCCF)c(CC(C)N)n1. The molecule has 1 heterocycles. The van der Waals surface area contributed by atoms with Crippen LogP contribution in [0.25, 0.3) is 0 Å². The smallest absolute Gasteiger partial charge is 0.140 e. The van der Waals surface area contributed by atoms with E-state index in [0.29, 0.717) is 19.4 Å². The summed E-state index contributed by atoms with van der Waals surface area (Å²) < 4.78 is 17.4. The van der Waals surface area contributed by atoms with Gasteiger partial charge in [0.25, 0.3) is 0 Å². The first kappa shape index (κ1) is 12.9. The maximum absolute atomic E-state index is 12.0. The molecule has 1 unspecified atom stereocenters. The van der Waals surface area contributed by atoms with Gasteiger partial charge >= 0.3 is 0 Å². The molecule has 0 radical (unpaired) electrons. The average molecular weight is 226 g/mol. The molecule has 0 amide bonds. The Bertz CT molecular complexity index is 329. The summed E-state index contributed by atoms with van der Waals surface area (Å²) >= 11 is 0. The summed E-state index contributed by atoms with van der Waals surface area (Å²) in [4.78, 5) is 4.39. The van der Waals surface area contributed by atoms with Crippen LogP contribution in [-0.2, 0) is 6.42 Å². The minimum atomic E-state index is -0.359. The fraction of sp³-hybridized carbons (Fsp3) is 0.583. The highest BCUT2D eigenvalue weighted by atomic mass is 19.1. The van der Waals surface area contributed by atoms with Gasteiger partial charge in [0.2, 0.25) is 0 Å². The van der Waals surface area contributed by atoms with E-state index in [-0.39, 0.29) is 12.7 Å². The van der Waals surface area contributed by atoms with Crippen LogP contribution in [0.15, 0.2) is 12.1 Å². The fourth-order valence-electron chi connectivity index (χ4n) is 1.42. The molecule has 0 aliphatic carbocycles. The molecular formula is C12H19FN2O. The number of halogens is 1. The molecule has 1 rings (SSSR count). The lowest BCUT2D eigenvalue weighted by atomic mass is 10.1. The second-order valence-electron chi connectivity index (χ2n) is 3.97. The van der Waals surface area contributed by atoms with E-state index in [2.05, 4.69) is 4.98 Å². The Morgan fingerprint density at radius 2 is 2.25 bits per heavy atom. The molecule has 0 aromatic carbocycles. The molecule has 0 aliphatic rings. The molecule has 0 fully saturated rings. The van der Waals surface area contributed by atoms with Gasteiger partial charge in [-0.05, 0) is 26.0 Å². The maximum Gasteiger partial charge on any atom is 0.140 e. The highest BCUT2D eigenvalue weighted by Gasteiger charge is 2.08. The summed E-state index contributed by atoms with van der Waals surface area (Å²) in [6, 6.07) is 3.80. The number of hydrogen-bond donors (Lipinski definition) is 1. The van der Waals surface area contributed by atoms with Gasteiger partial charge in [-0.25, -0.2) is 0 Å². The number of hydrogen-bond acceptors (Lipinski definition) is 3. The zero-order valence-corrected chi connectivity index (χ0v) is 9.87. The normalized spacial score (nSPS) is 12.5. The van der Waals surface area contributed by atoms with Crippen molar-refractivity contribution in [3.05, 3.63) is 23.5 Å². The van der Waals surface area contributed by atoms with Gasteiger partial charge in [-0.15, -0.1) is 0 Å². The topological polar surface area (TPSA) is 48.1 Å². The third-order valence-corrected chi connectivity index (χ3v) is 2.12. The van der Waals surface area contributed by atoms with Crippen LogP contribution in [0.1, 0.15) is 24.7 Å². The highest BCUT2D eigenvalue weighted by Crippen LogP contribution is 2.18. The molecule has 0 bridgehead atoms. The summed E-state index contributed by atoms with van der Waals surface area (Å²) in [5.74, 6) is 0.719. The molecule has 3 nitrogen and oxygen atoms in total. The van der Waals surface area contributed by atoms with Crippen molar-refractivity contribution in [3.63, 3.8) is 0 Å². The molecular weight excluding hydrogens is 207 g/mol. The molecule has 0 aliphatic heterocycles. The molecule has 1 atom stereocenters. The Morgan fingerprint density at radius 1 is 1.50 bits per heavy atom. The lowest BCUT2D eigenvalue weighted by Crippen LogP contribution is -2.19. The molecule has 1 aromatic rings. The number of rotatable bonds is 6. The van der Waals surface area contributed by atoms with E-state index in [1.807, 2.05) is 26.0 Å². The molecule has 0 saturated carbocycles. The van der Waals surface area contributed by atoms with Gasteiger partial charge in [0.15, 0.2) is 0 Å². The van der Waals surface area contributed by atoms with E-state index < -0.39 is 0 Å². The van der Waals surface area contributed by atoms with Gasteiger partial charge in [-0.1, -0.05) is 0 Å². The molecule has 1 aromatic heterocycles. The number of alkyl halides is 1. The Morgan fingerprint density at radius 3 is 2.88 bits per heavy atom. The van der Waals surface area contributed by atoms with Crippen LogP contribution in [0, 0.1) is 6.92 Å². The van der Waals surface area contributed by atoms with E-state index in [4.69, 9.17) is 10.5 Å². The van der Waals surface area contributed by atoms with Gasteiger partial charge < -0.3 is 10.5 Å². The highest BCUT2D eigenvalue weighted by molar-refractivity contribution is 5.29. The van der Waals surface area contributed by atoms with Gasteiger partial charge in [0.1, 0.15) is 5.75 Å². The maximum atomic E-state index is 12.0. The van der Waals surface area contributed by atoms with Crippen LogP contribution < -0.4 is 10.5 Å². The van der Waals surface area contributed by atoms with Gasteiger partial charge in [0.05, 0.1) is 19.0 Å². The Labute approximate surface area is 95.8 Å². The second-order valence-corrected chi connectivity index (χ2v) is 3.97. The summed E-state index contributed by atoms with van der Waals surface area (Å²) in [5.41, 5.74) is 7.54. The van der Waals surface area contributed by atoms with Crippen LogP contribution in [0.4, 0.5) is 4.39 Å².